The van der Waals surface area contributed by atoms with Gasteiger partial charge in [0.25, 0.3) is 0 Å². The zero-order valence-electron chi connectivity index (χ0n) is 7.44. The molecule has 1 aliphatic rings. The highest BCUT2D eigenvalue weighted by Crippen LogP contribution is 2.07. The molecule has 0 amide bonds. The van der Waals surface area contributed by atoms with Crippen LogP contribution in [0.25, 0.3) is 0 Å². The van der Waals surface area contributed by atoms with Crippen LogP contribution in [0.15, 0.2) is 36.6 Å². The summed E-state index contributed by atoms with van der Waals surface area (Å²) in [5, 5.41) is 8.46. The monoisotopic (exact) mass is 179 g/mol. The van der Waals surface area contributed by atoms with Crippen molar-refractivity contribution in [3.05, 3.63) is 36.6 Å². The Kier molecular flexibility index (Phi) is 3.31. The minimum atomic E-state index is -0.758. The van der Waals surface area contributed by atoms with E-state index in [4.69, 9.17) is 5.11 Å². The van der Waals surface area contributed by atoms with Gasteiger partial charge >= 0.3 is 5.97 Å². The molecule has 13 heavy (non-hydrogen) atoms. The van der Waals surface area contributed by atoms with Gasteiger partial charge in [-0.2, -0.15) is 0 Å². The molecule has 0 saturated carbocycles. The van der Waals surface area contributed by atoms with E-state index in [0.29, 0.717) is 6.54 Å². The molecule has 0 saturated heterocycles. The average molecular weight is 179 g/mol. The van der Waals surface area contributed by atoms with Gasteiger partial charge in [0.1, 0.15) is 0 Å². The summed E-state index contributed by atoms with van der Waals surface area (Å²) < 4.78 is 0. The lowest BCUT2D eigenvalue weighted by molar-refractivity contribution is -0.137. The number of hydrogen-bond donors (Lipinski definition) is 1. The highest BCUT2D eigenvalue weighted by molar-refractivity contribution is 5.66. The molecular formula is C10H13NO2. The molecule has 1 N–H and O–H groups in total. The van der Waals surface area contributed by atoms with Crippen LogP contribution in [0, 0.1) is 0 Å². The van der Waals surface area contributed by atoms with E-state index in [9.17, 15) is 4.79 Å². The summed E-state index contributed by atoms with van der Waals surface area (Å²) in [6.45, 7) is 4.98. The minimum absolute atomic E-state index is 0.182. The summed E-state index contributed by atoms with van der Waals surface area (Å²) in [5.41, 5.74) is 1.09. The molecule has 0 aromatic heterocycles. The number of hydrogen-bond acceptors (Lipinski definition) is 2. The highest BCUT2D eigenvalue weighted by atomic mass is 16.4. The maximum absolute atomic E-state index is 10.3. The maximum Gasteiger partial charge on any atom is 0.305 e. The second kappa shape index (κ2) is 4.50. The van der Waals surface area contributed by atoms with Gasteiger partial charge in [0.2, 0.25) is 0 Å². The quantitative estimate of drug-likeness (QED) is 0.709. The summed E-state index contributed by atoms with van der Waals surface area (Å²) in [7, 11) is 0. The normalized spacial score (nSPS) is 15.4. The molecule has 1 aliphatic heterocycles. The van der Waals surface area contributed by atoms with E-state index in [1.165, 1.54) is 0 Å². The molecule has 0 fully saturated rings. The summed E-state index contributed by atoms with van der Waals surface area (Å²) in [6, 6.07) is 0. The van der Waals surface area contributed by atoms with E-state index < -0.39 is 5.97 Å². The summed E-state index contributed by atoms with van der Waals surface area (Å²) in [4.78, 5) is 12.2. The fourth-order valence-corrected chi connectivity index (χ4v) is 1.10. The molecule has 0 bridgehead atoms. The lowest BCUT2D eigenvalue weighted by Crippen LogP contribution is -2.22. The van der Waals surface area contributed by atoms with Crippen molar-refractivity contribution in [2.24, 2.45) is 0 Å². The maximum atomic E-state index is 10.3. The first-order chi connectivity index (χ1) is 6.22. The van der Waals surface area contributed by atoms with Crippen LogP contribution in [0.1, 0.15) is 6.42 Å². The Morgan fingerprint density at radius 3 is 3.00 bits per heavy atom. The van der Waals surface area contributed by atoms with Crippen LogP contribution in [0.2, 0.25) is 0 Å². The Morgan fingerprint density at radius 2 is 2.54 bits per heavy atom. The van der Waals surface area contributed by atoms with Crippen molar-refractivity contribution in [1.29, 1.82) is 0 Å². The van der Waals surface area contributed by atoms with Crippen LogP contribution < -0.4 is 0 Å². The number of rotatable bonds is 4. The first-order valence-corrected chi connectivity index (χ1v) is 4.19. The molecule has 70 valence electrons. The number of aliphatic carboxylic acids is 1. The van der Waals surface area contributed by atoms with Gasteiger partial charge in [-0.25, -0.2) is 0 Å². The number of carbonyl (C=O) groups is 1. The van der Waals surface area contributed by atoms with Gasteiger partial charge in [-0.1, -0.05) is 18.7 Å². The third-order valence-corrected chi connectivity index (χ3v) is 1.89. The van der Waals surface area contributed by atoms with Gasteiger partial charge in [0.15, 0.2) is 0 Å². The Hall–Kier alpha value is -1.51. The van der Waals surface area contributed by atoms with E-state index in [1.807, 2.05) is 23.3 Å². The van der Waals surface area contributed by atoms with Gasteiger partial charge in [-0.05, 0) is 17.8 Å². The van der Waals surface area contributed by atoms with Crippen molar-refractivity contribution in [1.82, 2.24) is 4.90 Å². The number of carboxylic acids is 1. The van der Waals surface area contributed by atoms with Crippen LogP contribution in [-0.4, -0.2) is 29.1 Å². The second-order valence-corrected chi connectivity index (χ2v) is 2.86. The Bertz CT molecular complexity index is 266. The van der Waals surface area contributed by atoms with Crippen molar-refractivity contribution in [3.63, 3.8) is 0 Å². The predicted octanol–water partition coefficient (Wildman–Crippen LogP) is 1.40. The van der Waals surface area contributed by atoms with E-state index in [0.717, 1.165) is 12.1 Å². The third kappa shape index (κ3) is 3.15. The van der Waals surface area contributed by atoms with E-state index in [1.54, 1.807) is 6.08 Å². The summed E-state index contributed by atoms with van der Waals surface area (Å²) in [5.74, 6) is -0.758. The molecule has 3 nitrogen and oxygen atoms in total. The SMILES string of the molecule is C=CC1=CCN(CCC(=O)O)C=C1. The molecule has 0 atom stereocenters. The van der Waals surface area contributed by atoms with Crippen molar-refractivity contribution < 1.29 is 9.90 Å². The van der Waals surface area contributed by atoms with Crippen LogP contribution in [0.5, 0.6) is 0 Å². The first kappa shape index (κ1) is 9.58. The number of carboxylic acid groups (broad SMARTS) is 1. The fraction of sp³-hybridized carbons (Fsp3) is 0.300. The van der Waals surface area contributed by atoms with Crippen LogP contribution in [0.3, 0.4) is 0 Å². The zero-order valence-corrected chi connectivity index (χ0v) is 7.44. The van der Waals surface area contributed by atoms with Crippen molar-refractivity contribution in [2.45, 2.75) is 6.42 Å². The standard InChI is InChI=1S/C10H13NO2/c1-2-9-3-6-11(7-4-9)8-5-10(12)13/h2-4,6H,1,5,7-8H2,(H,12,13). The fourth-order valence-electron chi connectivity index (χ4n) is 1.10. The molecule has 0 aromatic carbocycles. The first-order valence-electron chi connectivity index (χ1n) is 4.19. The Balaban J connectivity index is 2.35. The molecule has 0 aliphatic carbocycles. The topological polar surface area (TPSA) is 40.5 Å². The Morgan fingerprint density at radius 1 is 1.77 bits per heavy atom. The summed E-state index contributed by atoms with van der Waals surface area (Å²) in [6.07, 6.45) is 7.82. The minimum Gasteiger partial charge on any atom is -0.481 e. The van der Waals surface area contributed by atoms with Crippen LogP contribution in [0.4, 0.5) is 0 Å². The predicted molar refractivity (Wildman–Crippen MR) is 51.2 cm³/mol. The van der Waals surface area contributed by atoms with Crippen molar-refractivity contribution in [2.75, 3.05) is 13.1 Å². The van der Waals surface area contributed by atoms with Crippen LogP contribution in [-0.2, 0) is 4.79 Å². The van der Waals surface area contributed by atoms with Crippen LogP contribution >= 0.6 is 0 Å². The summed E-state index contributed by atoms with van der Waals surface area (Å²) >= 11 is 0. The molecule has 1 rings (SSSR count). The number of nitrogens with zero attached hydrogens (tertiary/aromatic N) is 1. The molecule has 0 unspecified atom stereocenters. The molecule has 0 aromatic rings. The third-order valence-electron chi connectivity index (χ3n) is 1.89. The van der Waals surface area contributed by atoms with E-state index >= 15 is 0 Å². The Labute approximate surface area is 77.7 Å². The van der Waals surface area contributed by atoms with Crippen molar-refractivity contribution in [3.8, 4) is 0 Å². The van der Waals surface area contributed by atoms with Gasteiger partial charge < -0.3 is 10.0 Å². The van der Waals surface area contributed by atoms with Gasteiger partial charge in [-0.15, -0.1) is 0 Å². The van der Waals surface area contributed by atoms with E-state index in [2.05, 4.69) is 6.58 Å². The second-order valence-electron chi connectivity index (χ2n) is 2.86. The molecule has 3 heteroatoms. The molecular weight excluding hydrogens is 166 g/mol. The van der Waals surface area contributed by atoms with E-state index in [-0.39, 0.29) is 6.42 Å². The smallest absolute Gasteiger partial charge is 0.305 e. The zero-order chi connectivity index (χ0) is 9.68. The molecule has 0 radical (unpaired) electrons. The van der Waals surface area contributed by atoms with Gasteiger partial charge in [0.05, 0.1) is 6.42 Å². The largest absolute Gasteiger partial charge is 0.481 e. The lowest BCUT2D eigenvalue weighted by Gasteiger charge is -2.20. The van der Waals surface area contributed by atoms with Crippen molar-refractivity contribution >= 4 is 5.97 Å². The average Bonchev–Trinajstić information content (AvgIpc) is 2.15. The van der Waals surface area contributed by atoms with Gasteiger partial charge in [0, 0.05) is 13.1 Å². The number of allylic oxidation sites excluding steroid dienone is 3. The molecule has 0 spiro atoms. The highest BCUT2D eigenvalue weighted by Gasteiger charge is 2.04. The van der Waals surface area contributed by atoms with Gasteiger partial charge in [-0.3, -0.25) is 4.79 Å². The lowest BCUT2D eigenvalue weighted by atomic mass is 10.2. The molecule has 1 heterocycles.